The van der Waals surface area contributed by atoms with Crippen molar-refractivity contribution >= 4 is 39.1 Å². The topological polar surface area (TPSA) is 47.6 Å². The van der Waals surface area contributed by atoms with Crippen LogP contribution in [0.5, 0.6) is 0 Å². The van der Waals surface area contributed by atoms with Gasteiger partial charge in [0.25, 0.3) is 0 Å². The summed E-state index contributed by atoms with van der Waals surface area (Å²) >= 11 is 9.88. The standard InChI is InChI=1S/C27H34BrClN4O/c1-19(2)33(15-12-30-20(3)32-13-5-4-6-14-32)27(18-21-8-7-9-23(29)16-21)24-11-10-22(28)17-25(24)31-26(27)34/h7-11,16-17,19,30H,3-6,12-15,18H2,1-2H3,(H,31,34). The molecule has 34 heavy (non-hydrogen) atoms. The van der Waals surface area contributed by atoms with Gasteiger partial charge in [-0.2, -0.15) is 0 Å². The van der Waals surface area contributed by atoms with Crippen molar-refractivity contribution in [3.63, 3.8) is 0 Å². The lowest BCUT2D eigenvalue weighted by Gasteiger charge is -2.43. The van der Waals surface area contributed by atoms with Crippen LogP contribution < -0.4 is 10.6 Å². The number of piperidine rings is 1. The minimum Gasteiger partial charge on any atom is -0.371 e. The Morgan fingerprint density at radius 1 is 1.24 bits per heavy atom. The van der Waals surface area contributed by atoms with Crippen LogP contribution in [-0.4, -0.2) is 47.9 Å². The Balaban J connectivity index is 1.64. The zero-order chi connectivity index (χ0) is 24.3. The van der Waals surface area contributed by atoms with Crippen molar-refractivity contribution in [3.8, 4) is 0 Å². The maximum atomic E-state index is 13.8. The number of halogens is 2. The quantitative estimate of drug-likeness (QED) is 0.421. The lowest BCUT2D eigenvalue weighted by Crippen LogP contribution is -2.57. The number of likely N-dealkylation sites (tertiary alicyclic amines) is 1. The predicted octanol–water partition coefficient (Wildman–Crippen LogP) is 5.75. The molecule has 0 aliphatic carbocycles. The second-order valence-electron chi connectivity index (χ2n) is 9.52. The van der Waals surface area contributed by atoms with Crippen molar-refractivity contribution in [2.24, 2.45) is 0 Å². The van der Waals surface area contributed by atoms with Crippen LogP contribution in [0.15, 0.2) is 59.3 Å². The average Bonchev–Trinajstić information content (AvgIpc) is 3.07. The normalized spacial score (nSPS) is 19.9. The van der Waals surface area contributed by atoms with Gasteiger partial charge in [-0.15, -0.1) is 0 Å². The van der Waals surface area contributed by atoms with E-state index in [1.807, 2.05) is 36.4 Å². The van der Waals surface area contributed by atoms with E-state index in [9.17, 15) is 4.79 Å². The summed E-state index contributed by atoms with van der Waals surface area (Å²) in [5.74, 6) is 0.983. The van der Waals surface area contributed by atoms with Gasteiger partial charge in [-0.1, -0.05) is 52.3 Å². The maximum absolute atomic E-state index is 13.8. The Labute approximate surface area is 216 Å². The van der Waals surface area contributed by atoms with E-state index in [-0.39, 0.29) is 11.9 Å². The Morgan fingerprint density at radius 3 is 2.71 bits per heavy atom. The molecule has 2 aromatic rings. The van der Waals surface area contributed by atoms with E-state index < -0.39 is 5.54 Å². The van der Waals surface area contributed by atoms with Gasteiger partial charge in [-0.05, 0) is 62.9 Å². The first kappa shape index (κ1) is 25.1. The summed E-state index contributed by atoms with van der Waals surface area (Å²) < 4.78 is 0.945. The first-order chi connectivity index (χ1) is 16.3. The van der Waals surface area contributed by atoms with E-state index >= 15 is 0 Å². The fourth-order valence-corrected chi connectivity index (χ4v) is 5.89. The number of carbonyl (C=O) groups excluding carboxylic acids is 1. The summed E-state index contributed by atoms with van der Waals surface area (Å²) in [5, 5.41) is 7.37. The number of nitrogens with zero attached hydrogens (tertiary/aromatic N) is 2. The molecule has 1 atom stereocenters. The van der Waals surface area contributed by atoms with Crippen molar-refractivity contribution in [1.29, 1.82) is 0 Å². The van der Waals surface area contributed by atoms with Gasteiger partial charge in [-0.25, -0.2) is 0 Å². The SMILES string of the molecule is C=C(NCCN(C(C)C)C1(Cc2cccc(Cl)c2)C(=O)Nc2cc(Br)ccc21)N1CCCCC1. The largest absolute Gasteiger partial charge is 0.371 e. The second-order valence-corrected chi connectivity index (χ2v) is 10.9. The zero-order valence-corrected chi connectivity index (χ0v) is 22.4. The lowest BCUT2D eigenvalue weighted by molar-refractivity contribution is -0.129. The summed E-state index contributed by atoms with van der Waals surface area (Å²) in [4.78, 5) is 18.4. The Hall–Kier alpha value is -2.02. The number of hydrogen-bond donors (Lipinski definition) is 2. The van der Waals surface area contributed by atoms with Gasteiger partial charge in [0.2, 0.25) is 5.91 Å². The second kappa shape index (κ2) is 10.7. The summed E-state index contributed by atoms with van der Waals surface area (Å²) in [6.07, 6.45) is 4.27. The molecule has 0 spiro atoms. The number of carbonyl (C=O) groups is 1. The van der Waals surface area contributed by atoms with Gasteiger partial charge in [-0.3, -0.25) is 9.69 Å². The van der Waals surface area contributed by atoms with Crippen molar-refractivity contribution in [2.45, 2.75) is 51.1 Å². The van der Waals surface area contributed by atoms with Gasteiger partial charge in [0, 0.05) is 59.4 Å². The molecule has 2 aliphatic rings. The molecule has 182 valence electrons. The maximum Gasteiger partial charge on any atom is 0.249 e. The smallest absolute Gasteiger partial charge is 0.249 e. The van der Waals surface area contributed by atoms with Crippen molar-refractivity contribution in [2.75, 3.05) is 31.5 Å². The fourth-order valence-electron chi connectivity index (χ4n) is 5.32. The minimum absolute atomic E-state index is 0.00383. The molecule has 2 aromatic carbocycles. The highest BCUT2D eigenvalue weighted by molar-refractivity contribution is 9.10. The average molecular weight is 546 g/mol. The molecule has 1 unspecified atom stereocenters. The molecule has 1 amide bonds. The van der Waals surface area contributed by atoms with Crippen LogP contribution >= 0.6 is 27.5 Å². The number of nitrogens with one attached hydrogen (secondary N) is 2. The van der Waals surface area contributed by atoms with Crippen LogP contribution in [0.1, 0.15) is 44.2 Å². The third kappa shape index (κ3) is 5.14. The van der Waals surface area contributed by atoms with Crippen molar-refractivity contribution in [1.82, 2.24) is 15.1 Å². The molecule has 0 radical (unpaired) electrons. The summed E-state index contributed by atoms with van der Waals surface area (Å²) in [6, 6.07) is 14.0. The molecule has 2 heterocycles. The highest BCUT2D eigenvalue weighted by Gasteiger charge is 2.51. The molecule has 4 rings (SSSR count). The minimum atomic E-state index is -0.830. The van der Waals surface area contributed by atoms with E-state index in [0.717, 1.165) is 40.2 Å². The van der Waals surface area contributed by atoms with Gasteiger partial charge < -0.3 is 15.5 Å². The molecule has 0 bridgehead atoms. The third-order valence-corrected chi connectivity index (χ3v) is 7.66. The van der Waals surface area contributed by atoms with Crippen molar-refractivity contribution < 1.29 is 4.79 Å². The Bertz CT molecular complexity index is 1050. The lowest BCUT2D eigenvalue weighted by atomic mass is 9.82. The van der Waals surface area contributed by atoms with Gasteiger partial charge in [0.05, 0.1) is 5.82 Å². The first-order valence-electron chi connectivity index (χ1n) is 12.1. The van der Waals surface area contributed by atoms with E-state index in [4.69, 9.17) is 11.6 Å². The molecule has 5 nitrogen and oxygen atoms in total. The third-order valence-electron chi connectivity index (χ3n) is 6.93. The van der Waals surface area contributed by atoms with E-state index in [2.05, 4.69) is 62.9 Å². The molecule has 7 heteroatoms. The van der Waals surface area contributed by atoms with Gasteiger partial charge in [0.15, 0.2) is 0 Å². The van der Waals surface area contributed by atoms with Crippen molar-refractivity contribution in [3.05, 3.63) is 75.5 Å². The molecule has 0 aromatic heterocycles. The van der Waals surface area contributed by atoms with Crippen LogP contribution in [0.3, 0.4) is 0 Å². The van der Waals surface area contributed by atoms with Crippen LogP contribution in [0.25, 0.3) is 0 Å². The molecule has 1 saturated heterocycles. The summed E-state index contributed by atoms with van der Waals surface area (Å²) in [7, 11) is 0. The number of anilines is 1. The van der Waals surface area contributed by atoms with Gasteiger partial charge >= 0.3 is 0 Å². The molecular formula is C27H34BrClN4O. The highest BCUT2D eigenvalue weighted by atomic mass is 79.9. The highest BCUT2D eigenvalue weighted by Crippen LogP contribution is 2.45. The number of amides is 1. The summed E-state index contributed by atoms with van der Waals surface area (Å²) in [6.45, 7) is 12.1. The number of fused-ring (bicyclic) bond motifs is 1. The van der Waals surface area contributed by atoms with Crippen LogP contribution in [-0.2, 0) is 16.8 Å². The first-order valence-corrected chi connectivity index (χ1v) is 13.3. The number of hydrogen-bond acceptors (Lipinski definition) is 4. The van der Waals surface area contributed by atoms with Crippen LogP contribution in [0.4, 0.5) is 5.69 Å². The van der Waals surface area contributed by atoms with Crippen LogP contribution in [0.2, 0.25) is 5.02 Å². The Morgan fingerprint density at radius 2 is 2.00 bits per heavy atom. The number of benzene rings is 2. The molecular weight excluding hydrogens is 512 g/mol. The van der Waals surface area contributed by atoms with E-state index in [1.54, 1.807) is 0 Å². The number of rotatable bonds is 9. The summed E-state index contributed by atoms with van der Waals surface area (Å²) in [5.41, 5.74) is 2.07. The fraction of sp³-hybridized carbons (Fsp3) is 0.444. The monoisotopic (exact) mass is 544 g/mol. The zero-order valence-electron chi connectivity index (χ0n) is 20.0. The Kier molecular flexibility index (Phi) is 7.90. The van der Waals surface area contributed by atoms with E-state index in [1.165, 1.54) is 19.3 Å². The van der Waals surface area contributed by atoms with Crippen LogP contribution in [0, 0.1) is 0 Å². The van der Waals surface area contributed by atoms with Gasteiger partial charge in [0.1, 0.15) is 5.54 Å². The molecule has 1 fully saturated rings. The molecule has 0 saturated carbocycles. The predicted molar refractivity (Wildman–Crippen MR) is 144 cm³/mol. The van der Waals surface area contributed by atoms with E-state index in [0.29, 0.717) is 24.5 Å². The molecule has 2 N–H and O–H groups in total. The molecule has 2 aliphatic heterocycles.